The summed E-state index contributed by atoms with van der Waals surface area (Å²) in [6.07, 6.45) is 0. The van der Waals surface area contributed by atoms with Crippen LogP contribution in [0.15, 0.2) is 36.4 Å². The predicted octanol–water partition coefficient (Wildman–Crippen LogP) is 3.63. The van der Waals surface area contributed by atoms with Crippen LogP contribution in [0.1, 0.15) is 17.4 Å². The highest BCUT2D eigenvalue weighted by Gasteiger charge is 2.13. The van der Waals surface area contributed by atoms with E-state index >= 15 is 0 Å². The van der Waals surface area contributed by atoms with Gasteiger partial charge in [-0.05, 0) is 38.0 Å². The Balaban J connectivity index is 2.33. The average Bonchev–Trinajstić information content (AvgIpc) is 2.67. The molecule has 1 aromatic heterocycles. The zero-order valence-corrected chi connectivity index (χ0v) is 12.8. The van der Waals surface area contributed by atoms with Crippen molar-refractivity contribution in [3.8, 4) is 0 Å². The van der Waals surface area contributed by atoms with Crippen molar-refractivity contribution in [2.75, 3.05) is 20.6 Å². The Labute approximate surface area is 119 Å². The van der Waals surface area contributed by atoms with Gasteiger partial charge < -0.3 is 5.32 Å². The van der Waals surface area contributed by atoms with Crippen LogP contribution in [0.2, 0.25) is 0 Å². The number of nitrogens with zero attached hydrogens (tertiary/aromatic N) is 1. The summed E-state index contributed by atoms with van der Waals surface area (Å²) in [6.45, 7) is 8.94. The second-order valence-corrected chi connectivity index (χ2v) is 6.30. The molecule has 0 radical (unpaired) electrons. The average molecular weight is 274 g/mol. The summed E-state index contributed by atoms with van der Waals surface area (Å²) in [6, 6.07) is 8.68. The van der Waals surface area contributed by atoms with E-state index in [9.17, 15) is 0 Å². The smallest absolute Gasteiger partial charge is 0.0349 e. The van der Waals surface area contributed by atoms with Gasteiger partial charge in [-0.15, -0.1) is 11.3 Å². The third-order valence-electron chi connectivity index (χ3n) is 3.09. The van der Waals surface area contributed by atoms with Crippen molar-refractivity contribution in [2.45, 2.75) is 20.0 Å². The summed E-state index contributed by atoms with van der Waals surface area (Å²) in [5.41, 5.74) is 2.66. The maximum atomic E-state index is 3.99. The van der Waals surface area contributed by atoms with Gasteiger partial charge in [0.25, 0.3) is 0 Å². The van der Waals surface area contributed by atoms with Crippen LogP contribution >= 0.6 is 11.3 Å². The summed E-state index contributed by atoms with van der Waals surface area (Å²) in [5, 5.41) is 4.67. The van der Waals surface area contributed by atoms with Crippen LogP contribution in [0.4, 0.5) is 0 Å². The van der Waals surface area contributed by atoms with E-state index in [0.29, 0.717) is 0 Å². The van der Waals surface area contributed by atoms with Crippen LogP contribution in [-0.4, -0.2) is 25.5 Å². The van der Waals surface area contributed by atoms with Gasteiger partial charge >= 0.3 is 0 Å². The molecule has 3 heteroatoms. The number of fused-ring (bicyclic) bond motifs is 1. The molecule has 0 unspecified atom stereocenters. The van der Waals surface area contributed by atoms with Crippen LogP contribution in [-0.2, 0) is 13.1 Å². The minimum absolute atomic E-state index is 0.940. The van der Waals surface area contributed by atoms with Crippen LogP contribution < -0.4 is 5.32 Å². The molecule has 1 heterocycles. The van der Waals surface area contributed by atoms with Crippen LogP contribution in [0.3, 0.4) is 0 Å². The molecule has 1 N–H and O–H groups in total. The molecule has 2 aromatic rings. The topological polar surface area (TPSA) is 15.3 Å². The summed E-state index contributed by atoms with van der Waals surface area (Å²) < 4.78 is 1.38. The van der Waals surface area contributed by atoms with Gasteiger partial charge in [0.1, 0.15) is 0 Å². The van der Waals surface area contributed by atoms with Gasteiger partial charge in [0.15, 0.2) is 0 Å². The van der Waals surface area contributed by atoms with E-state index in [1.54, 1.807) is 0 Å². The zero-order chi connectivity index (χ0) is 13.8. The Bertz CT molecular complexity index is 571. The van der Waals surface area contributed by atoms with Gasteiger partial charge in [-0.25, -0.2) is 0 Å². The van der Waals surface area contributed by atoms with Crippen molar-refractivity contribution in [3.05, 3.63) is 46.9 Å². The Morgan fingerprint density at radius 2 is 2.11 bits per heavy atom. The van der Waals surface area contributed by atoms with Crippen molar-refractivity contribution in [3.63, 3.8) is 0 Å². The highest BCUT2D eigenvalue weighted by Crippen LogP contribution is 2.32. The maximum Gasteiger partial charge on any atom is 0.0349 e. The summed E-state index contributed by atoms with van der Waals surface area (Å²) in [7, 11) is 4.16. The van der Waals surface area contributed by atoms with E-state index in [2.05, 4.69) is 55.0 Å². The Morgan fingerprint density at radius 1 is 1.37 bits per heavy atom. The molecule has 0 fully saturated rings. The first-order valence-corrected chi connectivity index (χ1v) is 7.40. The van der Waals surface area contributed by atoms with Crippen LogP contribution in [0.5, 0.6) is 0 Å². The van der Waals surface area contributed by atoms with Crippen molar-refractivity contribution >= 4 is 21.4 Å². The molecule has 0 aliphatic carbocycles. The van der Waals surface area contributed by atoms with Crippen molar-refractivity contribution in [2.24, 2.45) is 0 Å². The Hall–Kier alpha value is -1.16. The first-order chi connectivity index (χ1) is 9.11. The third kappa shape index (κ3) is 3.44. The number of hydrogen-bond donors (Lipinski definition) is 1. The molecule has 0 aliphatic rings. The van der Waals surface area contributed by atoms with Gasteiger partial charge in [0.2, 0.25) is 0 Å². The van der Waals surface area contributed by atoms with E-state index in [1.807, 2.05) is 18.4 Å². The van der Waals surface area contributed by atoms with Gasteiger partial charge in [-0.2, -0.15) is 0 Å². The zero-order valence-electron chi connectivity index (χ0n) is 12.0. The minimum atomic E-state index is 0.940. The lowest BCUT2D eigenvalue weighted by molar-refractivity contribution is 0.356. The fourth-order valence-corrected chi connectivity index (χ4v) is 3.64. The lowest BCUT2D eigenvalue weighted by atomic mass is 10.1. The molecule has 0 bridgehead atoms. The largest absolute Gasteiger partial charge is 0.315 e. The second kappa shape index (κ2) is 6.33. The quantitative estimate of drug-likeness (QED) is 0.809. The third-order valence-corrected chi connectivity index (χ3v) is 4.30. The second-order valence-electron chi connectivity index (χ2n) is 5.16. The molecule has 0 aliphatic heterocycles. The molecule has 0 saturated heterocycles. The molecule has 1 aromatic carbocycles. The number of rotatable bonds is 6. The molecule has 0 amide bonds. The lowest BCUT2D eigenvalue weighted by Crippen LogP contribution is -2.20. The fourth-order valence-electron chi connectivity index (χ4n) is 2.41. The van der Waals surface area contributed by atoms with Gasteiger partial charge in [0.05, 0.1) is 0 Å². The maximum absolute atomic E-state index is 3.99. The van der Waals surface area contributed by atoms with E-state index < -0.39 is 0 Å². The first-order valence-electron chi connectivity index (χ1n) is 6.58. The molecule has 0 spiro atoms. The number of hydrogen-bond acceptors (Lipinski definition) is 3. The van der Waals surface area contributed by atoms with Crippen molar-refractivity contribution in [1.82, 2.24) is 10.2 Å². The van der Waals surface area contributed by atoms with Crippen molar-refractivity contribution < 1.29 is 0 Å². The highest BCUT2D eigenvalue weighted by molar-refractivity contribution is 7.19. The molecule has 2 nitrogen and oxygen atoms in total. The Morgan fingerprint density at radius 3 is 2.79 bits per heavy atom. The number of nitrogens with one attached hydrogen (secondary N) is 1. The standard InChI is InChI=1S/C16H22N2S/c1-12(2)10-18(4)11-14-13-7-5-6-8-15(13)19-16(14)9-17-3/h5-8,17H,1,9-11H2,2-4H3. The molecule has 102 valence electrons. The normalized spacial score (nSPS) is 11.4. The molecule has 0 saturated carbocycles. The van der Waals surface area contributed by atoms with Gasteiger partial charge in [-0.3, -0.25) is 4.90 Å². The molecular formula is C16H22N2S. The van der Waals surface area contributed by atoms with Gasteiger partial charge in [0, 0.05) is 29.2 Å². The lowest BCUT2D eigenvalue weighted by Gasteiger charge is -2.17. The summed E-state index contributed by atoms with van der Waals surface area (Å²) in [4.78, 5) is 3.77. The number of likely N-dealkylation sites (N-methyl/N-ethyl adjacent to an activating group) is 1. The summed E-state index contributed by atoms with van der Waals surface area (Å²) >= 11 is 1.90. The Kier molecular flexibility index (Phi) is 4.75. The number of benzene rings is 1. The van der Waals surface area contributed by atoms with E-state index in [1.165, 1.54) is 26.1 Å². The molecule has 0 atom stereocenters. The minimum Gasteiger partial charge on any atom is -0.315 e. The van der Waals surface area contributed by atoms with Crippen molar-refractivity contribution in [1.29, 1.82) is 0 Å². The number of thiophene rings is 1. The molecular weight excluding hydrogens is 252 g/mol. The fraction of sp³-hybridized carbons (Fsp3) is 0.375. The molecule has 19 heavy (non-hydrogen) atoms. The molecule has 2 rings (SSSR count). The van der Waals surface area contributed by atoms with Crippen LogP contribution in [0.25, 0.3) is 10.1 Å². The first kappa shape index (κ1) is 14.3. The summed E-state index contributed by atoms with van der Waals surface area (Å²) in [5.74, 6) is 0. The van der Waals surface area contributed by atoms with E-state index in [0.717, 1.165) is 19.6 Å². The van der Waals surface area contributed by atoms with E-state index in [-0.39, 0.29) is 0 Å². The highest BCUT2D eigenvalue weighted by atomic mass is 32.1. The monoisotopic (exact) mass is 274 g/mol. The van der Waals surface area contributed by atoms with E-state index in [4.69, 9.17) is 0 Å². The SMILES string of the molecule is C=C(C)CN(C)Cc1c(CNC)sc2ccccc12. The van der Waals surface area contributed by atoms with Crippen LogP contribution in [0, 0.1) is 0 Å². The van der Waals surface area contributed by atoms with Gasteiger partial charge in [-0.1, -0.05) is 30.4 Å². The predicted molar refractivity (Wildman–Crippen MR) is 85.7 cm³/mol.